The molecule has 19 heavy (non-hydrogen) atoms. The molecule has 0 saturated carbocycles. The molecule has 1 unspecified atom stereocenters. The highest BCUT2D eigenvalue weighted by Gasteiger charge is 2.13. The van der Waals surface area contributed by atoms with Crippen LogP contribution in [0.4, 0.5) is 5.82 Å². The van der Waals surface area contributed by atoms with Crippen LogP contribution in [0.3, 0.4) is 0 Å². The number of anilines is 1. The molecule has 4 nitrogen and oxygen atoms in total. The van der Waals surface area contributed by atoms with E-state index >= 15 is 0 Å². The monoisotopic (exact) mass is 283 g/mol. The van der Waals surface area contributed by atoms with Gasteiger partial charge in [-0.15, -0.1) is 0 Å². The van der Waals surface area contributed by atoms with Crippen LogP contribution in [0, 0.1) is 5.92 Å². The Morgan fingerprint density at radius 1 is 1.42 bits per heavy atom. The topological polar surface area (TPSA) is 54.0 Å². The average Bonchev–Trinajstić information content (AvgIpc) is 2.43. The molecule has 0 spiro atoms. The van der Waals surface area contributed by atoms with E-state index in [0.29, 0.717) is 23.3 Å². The van der Waals surface area contributed by atoms with E-state index in [1.54, 1.807) is 12.1 Å². The number of nitrogens with zero attached hydrogens (tertiary/aromatic N) is 1. The van der Waals surface area contributed by atoms with Crippen LogP contribution in [0.1, 0.15) is 44.1 Å². The number of hydrogen-bond acceptors (Lipinski definition) is 3. The zero-order valence-corrected chi connectivity index (χ0v) is 12.5. The first-order valence-electron chi connectivity index (χ1n) is 6.77. The van der Waals surface area contributed by atoms with Crippen molar-refractivity contribution in [1.82, 2.24) is 10.3 Å². The van der Waals surface area contributed by atoms with E-state index < -0.39 is 0 Å². The molecule has 0 aromatic carbocycles. The number of hydrogen-bond donors (Lipinski definition) is 2. The summed E-state index contributed by atoms with van der Waals surface area (Å²) < 4.78 is 0. The zero-order valence-electron chi connectivity index (χ0n) is 11.8. The minimum absolute atomic E-state index is 0.217. The maximum absolute atomic E-state index is 12.0. The third kappa shape index (κ3) is 5.07. The maximum atomic E-state index is 12.0. The maximum Gasteiger partial charge on any atom is 0.271 e. The molecule has 0 aliphatic rings. The van der Waals surface area contributed by atoms with E-state index in [2.05, 4.69) is 36.4 Å². The molecule has 5 heteroatoms. The molecule has 1 atom stereocenters. The summed E-state index contributed by atoms with van der Waals surface area (Å²) >= 11 is 6.02. The molecular weight excluding hydrogens is 262 g/mol. The lowest BCUT2D eigenvalue weighted by Gasteiger charge is -2.11. The number of aromatic nitrogens is 1. The van der Waals surface area contributed by atoms with E-state index in [-0.39, 0.29) is 11.6 Å². The number of carbonyl (C=O) groups excluding carboxylic acids is 1. The van der Waals surface area contributed by atoms with Crippen molar-refractivity contribution in [2.45, 2.75) is 33.6 Å². The fourth-order valence-electron chi connectivity index (χ4n) is 1.45. The third-order valence-electron chi connectivity index (χ3n) is 2.93. The first-order valence-corrected chi connectivity index (χ1v) is 7.14. The Morgan fingerprint density at radius 2 is 2.16 bits per heavy atom. The summed E-state index contributed by atoms with van der Waals surface area (Å²) in [6, 6.07) is 3.48. The summed E-state index contributed by atoms with van der Waals surface area (Å²) in [5.74, 6) is 0.912. The average molecular weight is 284 g/mol. The van der Waals surface area contributed by atoms with Gasteiger partial charge in [0.15, 0.2) is 0 Å². The van der Waals surface area contributed by atoms with E-state index in [1.165, 1.54) is 0 Å². The predicted molar refractivity (Wildman–Crippen MR) is 79.8 cm³/mol. The van der Waals surface area contributed by atoms with Crippen molar-refractivity contribution in [2.24, 2.45) is 5.92 Å². The first kappa shape index (κ1) is 15.8. The summed E-state index contributed by atoms with van der Waals surface area (Å²) in [5, 5.41) is 6.38. The molecule has 0 aliphatic heterocycles. The molecule has 1 aromatic heterocycles. The van der Waals surface area contributed by atoms with Crippen LogP contribution >= 0.6 is 11.6 Å². The van der Waals surface area contributed by atoms with Crippen molar-refractivity contribution in [2.75, 3.05) is 18.4 Å². The van der Waals surface area contributed by atoms with Gasteiger partial charge in [0.1, 0.15) is 11.5 Å². The van der Waals surface area contributed by atoms with Gasteiger partial charge in [-0.1, -0.05) is 38.8 Å². The normalized spacial score (nSPS) is 12.0. The zero-order chi connectivity index (χ0) is 14.3. The first-order chi connectivity index (χ1) is 9.08. The summed E-state index contributed by atoms with van der Waals surface area (Å²) in [4.78, 5) is 16.3. The van der Waals surface area contributed by atoms with Crippen LogP contribution in [0.2, 0.25) is 5.02 Å². The van der Waals surface area contributed by atoms with Crippen molar-refractivity contribution in [3.63, 3.8) is 0 Å². The quantitative estimate of drug-likeness (QED) is 0.807. The molecule has 0 aliphatic carbocycles. The second-order valence-corrected chi connectivity index (χ2v) is 5.08. The van der Waals surface area contributed by atoms with Gasteiger partial charge in [0.05, 0.1) is 5.02 Å². The Kier molecular flexibility index (Phi) is 6.64. The number of pyridine rings is 1. The molecule has 106 valence electrons. The van der Waals surface area contributed by atoms with Crippen molar-refractivity contribution < 1.29 is 4.79 Å². The number of rotatable bonds is 7. The molecule has 2 N–H and O–H groups in total. The van der Waals surface area contributed by atoms with Crippen LogP contribution in [-0.2, 0) is 0 Å². The van der Waals surface area contributed by atoms with E-state index in [1.807, 2.05) is 0 Å². The Morgan fingerprint density at radius 3 is 2.79 bits per heavy atom. The van der Waals surface area contributed by atoms with Crippen molar-refractivity contribution in [1.29, 1.82) is 0 Å². The number of amides is 1. The van der Waals surface area contributed by atoms with E-state index in [4.69, 9.17) is 11.6 Å². The largest absolute Gasteiger partial charge is 0.370 e. The number of halogens is 1. The Hall–Kier alpha value is -1.29. The highest BCUT2D eigenvalue weighted by atomic mass is 35.5. The van der Waals surface area contributed by atoms with Crippen LogP contribution in [-0.4, -0.2) is 24.0 Å². The molecule has 0 saturated heterocycles. The molecule has 1 amide bonds. The van der Waals surface area contributed by atoms with Crippen molar-refractivity contribution >= 4 is 23.3 Å². The molecule has 1 aromatic rings. The summed E-state index contributed by atoms with van der Waals surface area (Å²) in [5.41, 5.74) is 0.283. The summed E-state index contributed by atoms with van der Waals surface area (Å²) in [6.45, 7) is 7.72. The molecule has 1 heterocycles. The van der Waals surface area contributed by atoms with Gasteiger partial charge in [-0.3, -0.25) is 4.79 Å². The Labute approximate surface area is 120 Å². The predicted octanol–water partition coefficient (Wildman–Crippen LogP) is 3.33. The van der Waals surface area contributed by atoms with Crippen molar-refractivity contribution in [3.05, 3.63) is 22.8 Å². The van der Waals surface area contributed by atoms with Crippen LogP contribution in [0.15, 0.2) is 12.1 Å². The van der Waals surface area contributed by atoms with Crippen LogP contribution in [0.25, 0.3) is 0 Å². The van der Waals surface area contributed by atoms with Gasteiger partial charge >= 0.3 is 0 Å². The highest BCUT2D eigenvalue weighted by molar-refractivity contribution is 6.33. The molecule has 0 bridgehead atoms. The molecular formula is C14H22ClN3O. The van der Waals surface area contributed by atoms with Gasteiger partial charge < -0.3 is 10.6 Å². The van der Waals surface area contributed by atoms with Crippen molar-refractivity contribution in [3.8, 4) is 0 Å². The Bertz CT molecular complexity index is 423. The van der Waals surface area contributed by atoms with Gasteiger partial charge in [0.25, 0.3) is 5.91 Å². The fraction of sp³-hybridized carbons (Fsp3) is 0.571. The lowest BCUT2D eigenvalue weighted by Crippen LogP contribution is -2.29. The standard InChI is InChI=1S/C14H22ClN3O/c1-4-8-16-12-7-6-11(15)13(18-12)14(19)17-9-10(3)5-2/h6-7,10H,4-5,8-9H2,1-3H3,(H,16,18)(H,17,19). The summed E-state index contributed by atoms with van der Waals surface area (Å²) in [6.07, 6.45) is 2.03. The van der Waals surface area contributed by atoms with Gasteiger partial charge in [-0.25, -0.2) is 4.98 Å². The van der Waals surface area contributed by atoms with Gasteiger partial charge in [0.2, 0.25) is 0 Å². The van der Waals surface area contributed by atoms with Gasteiger partial charge in [-0.2, -0.15) is 0 Å². The second kappa shape index (κ2) is 8.00. The molecule has 0 radical (unpaired) electrons. The van der Waals surface area contributed by atoms with Gasteiger partial charge in [0, 0.05) is 13.1 Å². The third-order valence-corrected chi connectivity index (χ3v) is 3.23. The van der Waals surface area contributed by atoms with Gasteiger partial charge in [-0.05, 0) is 24.5 Å². The lowest BCUT2D eigenvalue weighted by atomic mass is 10.1. The SMILES string of the molecule is CCCNc1ccc(Cl)c(C(=O)NCC(C)CC)n1. The van der Waals surface area contributed by atoms with E-state index in [0.717, 1.165) is 19.4 Å². The van der Waals surface area contributed by atoms with E-state index in [9.17, 15) is 4.79 Å². The van der Waals surface area contributed by atoms with Crippen LogP contribution in [0.5, 0.6) is 0 Å². The van der Waals surface area contributed by atoms with Crippen LogP contribution < -0.4 is 10.6 Å². The minimum Gasteiger partial charge on any atom is -0.370 e. The summed E-state index contributed by atoms with van der Waals surface area (Å²) in [7, 11) is 0. The smallest absolute Gasteiger partial charge is 0.271 e. The Balaban J connectivity index is 2.72. The number of carbonyl (C=O) groups is 1. The second-order valence-electron chi connectivity index (χ2n) is 4.68. The molecule has 0 fully saturated rings. The lowest BCUT2D eigenvalue weighted by molar-refractivity contribution is 0.0943. The molecule has 1 rings (SSSR count). The fourth-order valence-corrected chi connectivity index (χ4v) is 1.64. The minimum atomic E-state index is -0.217. The highest BCUT2D eigenvalue weighted by Crippen LogP contribution is 2.16. The number of nitrogens with one attached hydrogen (secondary N) is 2.